The molecule has 0 aliphatic heterocycles. The van der Waals surface area contributed by atoms with E-state index in [1.54, 1.807) is 6.07 Å². The summed E-state index contributed by atoms with van der Waals surface area (Å²) in [6, 6.07) is 4.28. The van der Waals surface area contributed by atoms with E-state index < -0.39 is 0 Å². The van der Waals surface area contributed by atoms with E-state index in [4.69, 9.17) is 11.6 Å². The van der Waals surface area contributed by atoms with Crippen molar-refractivity contribution >= 4 is 17.5 Å². The highest BCUT2D eigenvalue weighted by Gasteiger charge is 2.02. The first-order chi connectivity index (χ1) is 8.13. The number of hydrogen-bond donors (Lipinski definition) is 2. The van der Waals surface area contributed by atoms with Crippen molar-refractivity contribution in [1.82, 2.24) is 10.6 Å². The standard InChI is InChI=1S/C12H16ClFN2O/c1-2-16-12(17)5-6-15-8-9-3-4-10(14)7-11(9)13/h3-4,7,15H,2,5-6,8H2,1H3,(H,16,17). The van der Waals surface area contributed by atoms with Crippen LogP contribution in [0.2, 0.25) is 5.02 Å². The van der Waals surface area contributed by atoms with Crippen LogP contribution in [0.25, 0.3) is 0 Å². The van der Waals surface area contributed by atoms with Crippen LogP contribution in [0.5, 0.6) is 0 Å². The summed E-state index contributed by atoms with van der Waals surface area (Å²) in [7, 11) is 0. The topological polar surface area (TPSA) is 41.1 Å². The summed E-state index contributed by atoms with van der Waals surface area (Å²) in [5.74, 6) is -0.328. The lowest BCUT2D eigenvalue weighted by Gasteiger charge is -2.06. The molecular formula is C12H16ClFN2O. The maximum Gasteiger partial charge on any atom is 0.221 e. The molecule has 94 valence electrons. The van der Waals surface area contributed by atoms with Crippen LogP contribution in [0, 0.1) is 5.82 Å². The van der Waals surface area contributed by atoms with Crippen LogP contribution in [0.1, 0.15) is 18.9 Å². The summed E-state index contributed by atoms with van der Waals surface area (Å²) in [4.78, 5) is 11.1. The quantitative estimate of drug-likeness (QED) is 0.768. The first-order valence-electron chi connectivity index (χ1n) is 5.54. The fourth-order valence-corrected chi connectivity index (χ4v) is 1.61. The highest BCUT2D eigenvalue weighted by atomic mass is 35.5. The first-order valence-corrected chi connectivity index (χ1v) is 5.92. The Balaban J connectivity index is 2.29. The number of carbonyl (C=O) groups excluding carboxylic acids is 1. The zero-order chi connectivity index (χ0) is 12.7. The second-order valence-electron chi connectivity index (χ2n) is 3.62. The molecule has 0 aliphatic carbocycles. The predicted octanol–water partition coefficient (Wildman–Crippen LogP) is 2.09. The molecular weight excluding hydrogens is 243 g/mol. The van der Waals surface area contributed by atoms with Gasteiger partial charge < -0.3 is 10.6 Å². The second kappa shape index (κ2) is 7.25. The maximum atomic E-state index is 12.8. The number of hydrogen-bond acceptors (Lipinski definition) is 2. The SMILES string of the molecule is CCNC(=O)CCNCc1ccc(F)cc1Cl. The van der Waals surface area contributed by atoms with Gasteiger partial charge in [0.25, 0.3) is 0 Å². The third-order valence-corrected chi connectivity index (χ3v) is 2.59. The van der Waals surface area contributed by atoms with Crippen molar-refractivity contribution in [3.05, 3.63) is 34.6 Å². The number of nitrogens with one attached hydrogen (secondary N) is 2. The zero-order valence-corrected chi connectivity index (χ0v) is 10.5. The van der Waals surface area contributed by atoms with Crippen LogP contribution in [0.4, 0.5) is 4.39 Å². The van der Waals surface area contributed by atoms with Crippen LogP contribution in [0.15, 0.2) is 18.2 Å². The molecule has 0 heterocycles. The number of halogens is 2. The molecule has 0 bridgehead atoms. The molecule has 17 heavy (non-hydrogen) atoms. The molecule has 0 atom stereocenters. The third kappa shape index (κ3) is 5.15. The lowest BCUT2D eigenvalue weighted by molar-refractivity contribution is -0.120. The van der Waals surface area contributed by atoms with Crippen molar-refractivity contribution in [2.45, 2.75) is 19.9 Å². The van der Waals surface area contributed by atoms with Gasteiger partial charge in [-0.1, -0.05) is 17.7 Å². The van der Waals surface area contributed by atoms with Gasteiger partial charge in [0, 0.05) is 31.1 Å². The number of amides is 1. The Morgan fingerprint density at radius 2 is 2.24 bits per heavy atom. The molecule has 0 fully saturated rings. The molecule has 1 aromatic carbocycles. The van der Waals surface area contributed by atoms with Crippen LogP contribution in [0.3, 0.4) is 0 Å². The smallest absolute Gasteiger partial charge is 0.221 e. The summed E-state index contributed by atoms with van der Waals surface area (Å²) in [5, 5.41) is 6.19. The third-order valence-electron chi connectivity index (χ3n) is 2.23. The van der Waals surface area contributed by atoms with Crippen molar-refractivity contribution < 1.29 is 9.18 Å². The van der Waals surface area contributed by atoms with E-state index in [1.807, 2.05) is 6.92 Å². The van der Waals surface area contributed by atoms with Crippen molar-refractivity contribution in [2.24, 2.45) is 0 Å². The van der Waals surface area contributed by atoms with Gasteiger partial charge in [0.15, 0.2) is 0 Å². The molecule has 1 amide bonds. The van der Waals surface area contributed by atoms with E-state index in [2.05, 4.69) is 10.6 Å². The van der Waals surface area contributed by atoms with Gasteiger partial charge in [-0.25, -0.2) is 4.39 Å². The van der Waals surface area contributed by atoms with E-state index in [-0.39, 0.29) is 11.7 Å². The molecule has 1 aromatic rings. The van der Waals surface area contributed by atoms with Crippen molar-refractivity contribution in [1.29, 1.82) is 0 Å². The molecule has 0 aliphatic rings. The molecule has 1 rings (SSSR count). The van der Waals surface area contributed by atoms with Crippen LogP contribution in [-0.4, -0.2) is 19.0 Å². The Hall–Kier alpha value is -1.13. The second-order valence-corrected chi connectivity index (χ2v) is 4.02. The first kappa shape index (κ1) is 13.9. The summed E-state index contributed by atoms with van der Waals surface area (Å²) in [6.07, 6.45) is 0.423. The van der Waals surface area contributed by atoms with Crippen molar-refractivity contribution in [3.8, 4) is 0 Å². The number of benzene rings is 1. The van der Waals surface area contributed by atoms with E-state index in [1.165, 1.54) is 12.1 Å². The molecule has 0 spiro atoms. The van der Waals surface area contributed by atoms with Gasteiger partial charge in [-0.15, -0.1) is 0 Å². The van der Waals surface area contributed by atoms with Crippen LogP contribution < -0.4 is 10.6 Å². The van der Waals surface area contributed by atoms with Gasteiger partial charge >= 0.3 is 0 Å². The van der Waals surface area contributed by atoms with E-state index in [9.17, 15) is 9.18 Å². The van der Waals surface area contributed by atoms with Gasteiger partial charge in [0.1, 0.15) is 5.82 Å². The largest absolute Gasteiger partial charge is 0.356 e. The lowest BCUT2D eigenvalue weighted by atomic mass is 10.2. The molecule has 0 aromatic heterocycles. The van der Waals surface area contributed by atoms with Gasteiger partial charge in [-0.05, 0) is 24.6 Å². The zero-order valence-electron chi connectivity index (χ0n) is 9.72. The summed E-state index contributed by atoms with van der Waals surface area (Å²) >= 11 is 5.86. The molecule has 0 saturated carbocycles. The fraction of sp³-hybridized carbons (Fsp3) is 0.417. The van der Waals surface area contributed by atoms with Gasteiger partial charge in [-0.3, -0.25) is 4.79 Å². The molecule has 3 nitrogen and oxygen atoms in total. The van der Waals surface area contributed by atoms with Gasteiger partial charge in [-0.2, -0.15) is 0 Å². The average molecular weight is 259 g/mol. The maximum absolute atomic E-state index is 12.8. The Kier molecular flexibility index (Phi) is 5.94. The van der Waals surface area contributed by atoms with Crippen molar-refractivity contribution in [2.75, 3.05) is 13.1 Å². The Morgan fingerprint density at radius 3 is 2.88 bits per heavy atom. The molecule has 0 unspecified atom stereocenters. The number of rotatable bonds is 6. The van der Waals surface area contributed by atoms with E-state index in [0.29, 0.717) is 31.1 Å². The Labute approximate surface area is 105 Å². The molecule has 2 N–H and O–H groups in total. The summed E-state index contributed by atoms with van der Waals surface area (Å²) in [5.41, 5.74) is 0.823. The highest BCUT2D eigenvalue weighted by molar-refractivity contribution is 6.31. The summed E-state index contributed by atoms with van der Waals surface area (Å²) in [6.45, 7) is 3.62. The van der Waals surface area contributed by atoms with Gasteiger partial charge in [0.2, 0.25) is 5.91 Å². The highest BCUT2D eigenvalue weighted by Crippen LogP contribution is 2.16. The predicted molar refractivity (Wildman–Crippen MR) is 66.4 cm³/mol. The molecule has 0 radical (unpaired) electrons. The summed E-state index contributed by atoms with van der Waals surface area (Å²) < 4.78 is 12.8. The monoisotopic (exact) mass is 258 g/mol. The molecule has 5 heteroatoms. The number of carbonyl (C=O) groups is 1. The van der Waals surface area contributed by atoms with E-state index >= 15 is 0 Å². The lowest BCUT2D eigenvalue weighted by Crippen LogP contribution is -2.27. The minimum absolute atomic E-state index is 0.0187. The minimum atomic E-state index is -0.346. The average Bonchev–Trinajstić information content (AvgIpc) is 2.27. The van der Waals surface area contributed by atoms with E-state index in [0.717, 1.165) is 5.56 Å². The van der Waals surface area contributed by atoms with Crippen molar-refractivity contribution in [3.63, 3.8) is 0 Å². The minimum Gasteiger partial charge on any atom is -0.356 e. The van der Waals surface area contributed by atoms with Crippen LogP contribution in [-0.2, 0) is 11.3 Å². The Morgan fingerprint density at radius 1 is 1.47 bits per heavy atom. The Bertz CT molecular complexity index is 385. The van der Waals surface area contributed by atoms with Gasteiger partial charge in [0.05, 0.1) is 0 Å². The van der Waals surface area contributed by atoms with Crippen LogP contribution >= 0.6 is 11.6 Å². The normalized spacial score (nSPS) is 10.3. The molecule has 0 saturated heterocycles. The fourth-order valence-electron chi connectivity index (χ4n) is 1.38.